The standard InChI is InChI=1S/C19H23N3O4/c1-3-16-18(13-7-6-8-14(11-13)22(24)25)17(12(2)20-21-16)19(23)26-15-9-4-5-10-15/h6-8,11,15,18,20H,3-5,9-10H2,1-2H3. The van der Waals surface area contributed by atoms with E-state index in [4.69, 9.17) is 4.74 Å². The van der Waals surface area contributed by atoms with E-state index in [1.807, 2.05) is 6.92 Å². The van der Waals surface area contributed by atoms with Crippen molar-refractivity contribution in [3.8, 4) is 0 Å². The fourth-order valence-electron chi connectivity index (χ4n) is 3.62. The van der Waals surface area contributed by atoms with Crippen LogP contribution in [0.2, 0.25) is 0 Å². The van der Waals surface area contributed by atoms with Crippen LogP contribution in [0.15, 0.2) is 40.6 Å². The number of nitrogens with zero attached hydrogens (tertiary/aromatic N) is 2. The van der Waals surface area contributed by atoms with Gasteiger partial charge in [-0.3, -0.25) is 15.5 Å². The molecule has 1 aliphatic heterocycles. The summed E-state index contributed by atoms with van der Waals surface area (Å²) in [7, 11) is 0. The van der Waals surface area contributed by atoms with Crippen LogP contribution in [0.1, 0.15) is 57.4 Å². The number of carbonyl (C=O) groups is 1. The lowest BCUT2D eigenvalue weighted by Gasteiger charge is -2.28. The number of esters is 1. The normalized spacial score (nSPS) is 20.5. The quantitative estimate of drug-likeness (QED) is 0.491. The summed E-state index contributed by atoms with van der Waals surface area (Å²) in [6, 6.07) is 6.39. The molecule has 138 valence electrons. The van der Waals surface area contributed by atoms with E-state index >= 15 is 0 Å². The van der Waals surface area contributed by atoms with Crippen molar-refractivity contribution in [2.24, 2.45) is 5.10 Å². The van der Waals surface area contributed by atoms with Gasteiger partial charge in [0.05, 0.1) is 22.1 Å². The topological polar surface area (TPSA) is 93.8 Å². The lowest BCUT2D eigenvalue weighted by Crippen LogP contribution is -2.31. The summed E-state index contributed by atoms with van der Waals surface area (Å²) in [5.41, 5.74) is 5.46. The third-order valence-corrected chi connectivity index (χ3v) is 4.97. The van der Waals surface area contributed by atoms with Crippen molar-refractivity contribution in [3.05, 3.63) is 51.2 Å². The zero-order valence-electron chi connectivity index (χ0n) is 15.0. The van der Waals surface area contributed by atoms with Crippen molar-refractivity contribution in [2.45, 2.75) is 58.0 Å². The van der Waals surface area contributed by atoms with E-state index in [1.165, 1.54) is 12.1 Å². The number of nitrogens with one attached hydrogen (secondary N) is 1. The molecule has 1 heterocycles. The largest absolute Gasteiger partial charge is 0.459 e. The molecule has 1 unspecified atom stereocenters. The van der Waals surface area contributed by atoms with Crippen molar-refractivity contribution in [1.29, 1.82) is 0 Å². The second-order valence-corrected chi connectivity index (χ2v) is 6.70. The zero-order chi connectivity index (χ0) is 18.7. The van der Waals surface area contributed by atoms with Crippen molar-refractivity contribution in [3.63, 3.8) is 0 Å². The van der Waals surface area contributed by atoms with E-state index in [0.717, 1.165) is 31.4 Å². The molecule has 26 heavy (non-hydrogen) atoms. The maximum atomic E-state index is 12.9. The highest BCUT2D eigenvalue weighted by Gasteiger charge is 2.34. The molecule has 3 rings (SSSR count). The molecule has 1 saturated carbocycles. The highest BCUT2D eigenvalue weighted by atomic mass is 16.6. The summed E-state index contributed by atoms with van der Waals surface area (Å²) in [4.78, 5) is 23.6. The Labute approximate surface area is 152 Å². The molecule has 0 amide bonds. The van der Waals surface area contributed by atoms with E-state index in [-0.39, 0.29) is 17.8 Å². The Kier molecular flexibility index (Phi) is 5.35. The van der Waals surface area contributed by atoms with E-state index in [1.54, 1.807) is 19.1 Å². The molecule has 1 atom stereocenters. The van der Waals surface area contributed by atoms with Gasteiger partial charge in [0.15, 0.2) is 0 Å². The molecule has 0 aromatic heterocycles. The van der Waals surface area contributed by atoms with Gasteiger partial charge >= 0.3 is 5.97 Å². The van der Waals surface area contributed by atoms with Crippen LogP contribution in [0, 0.1) is 10.1 Å². The first-order valence-corrected chi connectivity index (χ1v) is 8.99. The zero-order valence-corrected chi connectivity index (χ0v) is 15.0. The fraction of sp³-hybridized carbons (Fsp3) is 0.474. The van der Waals surface area contributed by atoms with Crippen LogP contribution in [0.5, 0.6) is 0 Å². The van der Waals surface area contributed by atoms with Gasteiger partial charge < -0.3 is 4.74 Å². The average Bonchev–Trinajstić information content (AvgIpc) is 3.14. The van der Waals surface area contributed by atoms with E-state index in [9.17, 15) is 14.9 Å². The van der Waals surface area contributed by atoms with Crippen LogP contribution < -0.4 is 5.43 Å². The molecular formula is C19H23N3O4. The lowest BCUT2D eigenvalue weighted by molar-refractivity contribution is -0.384. The van der Waals surface area contributed by atoms with Crippen LogP contribution in [0.3, 0.4) is 0 Å². The molecule has 0 spiro atoms. The number of hydrogen-bond donors (Lipinski definition) is 1. The number of allylic oxidation sites excluding steroid dienone is 1. The Bertz CT molecular complexity index is 779. The predicted octanol–water partition coefficient (Wildman–Crippen LogP) is 3.81. The Balaban J connectivity index is 1.97. The third kappa shape index (κ3) is 3.61. The first kappa shape index (κ1) is 18.1. The summed E-state index contributed by atoms with van der Waals surface area (Å²) in [5, 5.41) is 15.5. The molecule has 2 aliphatic rings. The van der Waals surface area contributed by atoms with Crippen LogP contribution in [0.4, 0.5) is 5.69 Å². The van der Waals surface area contributed by atoms with Crippen molar-refractivity contribution >= 4 is 17.4 Å². The van der Waals surface area contributed by atoms with Crippen LogP contribution in [-0.2, 0) is 9.53 Å². The number of ether oxygens (including phenoxy) is 1. The Morgan fingerprint density at radius 3 is 2.77 bits per heavy atom. The van der Waals surface area contributed by atoms with Crippen LogP contribution >= 0.6 is 0 Å². The van der Waals surface area contributed by atoms with Gasteiger partial charge in [-0.2, -0.15) is 5.10 Å². The molecule has 0 radical (unpaired) electrons. The molecule has 1 aromatic rings. The second kappa shape index (κ2) is 7.68. The van der Waals surface area contributed by atoms with Gasteiger partial charge in [-0.05, 0) is 44.6 Å². The lowest BCUT2D eigenvalue weighted by atomic mass is 9.83. The van der Waals surface area contributed by atoms with E-state index in [0.29, 0.717) is 23.3 Å². The number of nitro groups is 1. The number of benzene rings is 1. The SMILES string of the molecule is CCC1=NNC(C)=C(C(=O)OC2CCCC2)C1c1cccc([N+](=O)[O-])c1. The van der Waals surface area contributed by atoms with E-state index < -0.39 is 10.8 Å². The van der Waals surface area contributed by atoms with Gasteiger partial charge in [-0.25, -0.2) is 4.79 Å². The third-order valence-electron chi connectivity index (χ3n) is 4.97. The molecule has 0 bridgehead atoms. The first-order chi connectivity index (χ1) is 12.5. The molecule has 1 aliphatic carbocycles. The van der Waals surface area contributed by atoms with Gasteiger partial charge in [0.1, 0.15) is 6.10 Å². The molecule has 0 saturated heterocycles. The summed E-state index contributed by atoms with van der Waals surface area (Å²) in [5.74, 6) is -0.797. The molecule has 7 heteroatoms. The van der Waals surface area contributed by atoms with Gasteiger partial charge in [0.25, 0.3) is 5.69 Å². The van der Waals surface area contributed by atoms with E-state index in [2.05, 4.69) is 10.5 Å². The maximum Gasteiger partial charge on any atom is 0.337 e. The van der Waals surface area contributed by atoms with Gasteiger partial charge in [0, 0.05) is 17.8 Å². The van der Waals surface area contributed by atoms with Gasteiger partial charge in [-0.15, -0.1) is 0 Å². The molecule has 1 aromatic carbocycles. The number of hydrogen-bond acceptors (Lipinski definition) is 6. The minimum Gasteiger partial charge on any atom is -0.459 e. The number of nitro benzene ring substituents is 1. The summed E-state index contributed by atoms with van der Waals surface area (Å²) in [6.07, 6.45) is 4.50. The van der Waals surface area contributed by atoms with Gasteiger partial charge in [-0.1, -0.05) is 19.1 Å². The number of rotatable bonds is 5. The summed E-state index contributed by atoms with van der Waals surface area (Å²) in [6.45, 7) is 3.73. The van der Waals surface area contributed by atoms with Crippen molar-refractivity contribution < 1.29 is 14.5 Å². The maximum absolute atomic E-state index is 12.9. The highest BCUT2D eigenvalue weighted by Crippen LogP contribution is 2.35. The fourth-order valence-corrected chi connectivity index (χ4v) is 3.62. The highest BCUT2D eigenvalue weighted by molar-refractivity contribution is 6.04. The Morgan fingerprint density at radius 1 is 1.38 bits per heavy atom. The Hall–Kier alpha value is -2.70. The number of carbonyl (C=O) groups excluding carboxylic acids is 1. The molecular weight excluding hydrogens is 334 g/mol. The van der Waals surface area contributed by atoms with Crippen LogP contribution in [-0.4, -0.2) is 22.7 Å². The predicted molar refractivity (Wildman–Crippen MR) is 97.7 cm³/mol. The summed E-state index contributed by atoms with van der Waals surface area (Å²) < 4.78 is 5.72. The van der Waals surface area contributed by atoms with Crippen molar-refractivity contribution in [1.82, 2.24) is 5.43 Å². The van der Waals surface area contributed by atoms with Crippen molar-refractivity contribution in [2.75, 3.05) is 0 Å². The molecule has 1 fully saturated rings. The molecule has 1 N–H and O–H groups in total. The summed E-state index contributed by atoms with van der Waals surface area (Å²) >= 11 is 0. The second-order valence-electron chi connectivity index (χ2n) is 6.70. The first-order valence-electron chi connectivity index (χ1n) is 8.99. The molecule has 7 nitrogen and oxygen atoms in total. The monoisotopic (exact) mass is 357 g/mol. The number of non-ortho nitro benzene ring substituents is 1. The minimum absolute atomic E-state index is 0.00218. The minimum atomic E-state index is -0.435. The van der Waals surface area contributed by atoms with Crippen LogP contribution in [0.25, 0.3) is 0 Å². The average molecular weight is 357 g/mol. The number of hydrazone groups is 1. The van der Waals surface area contributed by atoms with Gasteiger partial charge in [0.2, 0.25) is 0 Å². The Morgan fingerprint density at radius 2 is 2.12 bits per heavy atom. The smallest absolute Gasteiger partial charge is 0.337 e.